The normalized spacial score (nSPS) is 16.5. The minimum absolute atomic E-state index is 0.0728. The zero-order valence-electron chi connectivity index (χ0n) is 16.2. The molecule has 1 N–H and O–H groups in total. The van der Waals surface area contributed by atoms with Crippen molar-refractivity contribution in [2.45, 2.75) is 18.9 Å². The minimum atomic E-state index is -0.495. The van der Waals surface area contributed by atoms with E-state index in [0.29, 0.717) is 12.3 Å². The molecule has 0 saturated carbocycles. The van der Waals surface area contributed by atoms with Crippen molar-refractivity contribution in [2.75, 3.05) is 40.0 Å². The monoisotopic (exact) mass is 383 g/mol. The van der Waals surface area contributed by atoms with E-state index in [2.05, 4.69) is 16.7 Å². The van der Waals surface area contributed by atoms with Crippen LogP contribution in [0.2, 0.25) is 0 Å². The molecule has 0 amide bonds. The summed E-state index contributed by atoms with van der Waals surface area (Å²) in [7, 11) is 1.66. The molecule has 3 rings (SSSR count). The molecule has 4 nitrogen and oxygen atoms in total. The smallest absolute Gasteiger partial charge is 0.123 e. The zero-order chi connectivity index (χ0) is 19.8. The maximum Gasteiger partial charge on any atom is 0.123 e. The summed E-state index contributed by atoms with van der Waals surface area (Å²) in [5, 5.41) is 10.5. The topological polar surface area (TPSA) is 41.9 Å². The van der Waals surface area contributed by atoms with Crippen LogP contribution in [-0.4, -0.2) is 50.0 Å². The highest BCUT2D eigenvalue weighted by atomic mass is 19.1. The molecule has 148 valence electrons. The van der Waals surface area contributed by atoms with Gasteiger partial charge in [-0.2, -0.15) is 0 Å². The van der Waals surface area contributed by atoms with Crippen molar-refractivity contribution in [3.8, 4) is 23.3 Å². The number of halogens is 1. The van der Waals surface area contributed by atoms with Gasteiger partial charge in [-0.25, -0.2) is 4.39 Å². The SMILES string of the molecule is COc1ccc2c(c1)CCN(CCC#Cc1ccc(OCCF)cc1)CC2O. The number of aliphatic hydroxyl groups is 1. The van der Waals surface area contributed by atoms with E-state index in [0.717, 1.165) is 48.4 Å². The molecule has 2 aromatic rings. The summed E-state index contributed by atoms with van der Waals surface area (Å²) >= 11 is 0. The number of ether oxygens (including phenoxy) is 2. The van der Waals surface area contributed by atoms with E-state index < -0.39 is 12.8 Å². The fraction of sp³-hybridized carbons (Fsp3) is 0.391. The van der Waals surface area contributed by atoms with Crippen LogP contribution in [0.5, 0.6) is 11.5 Å². The quantitative estimate of drug-likeness (QED) is 0.777. The third kappa shape index (κ3) is 5.48. The average Bonchev–Trinajstić information content (AvgIpc) is 2.88. The summed E-state index contributed by atoms with van der Waals surface area (Å²) in [4.78, 5) is 2.25. The first-order chi connectivity index (χ1) is 13.7. The molecular formula is C23H26FNO3. The second-order valence-corrected chi connectivity index (χ2v) is 6.74. The number of hydrogen-bond donors (Lipinski definition) is 1. The molecule has 5 heteroatoms. The predicted molar refractivity (Wildman–Crippen MR) is 108 cm³/mol. The standard InChI is InChI=1S/C23H26FNO3/c1-27-21-9-10-22-19(16-21)11-14-25(17-23(22)26)13-3-2-4-18-5-7-20(8-6-18)28-15-12-24/h5-10,16,23,26H,3,11-15,17H2,1H3. The van der Waals surface area contributed by atoms with Gasteiger partial charge in [0.15, 0.2) is 0 Å². The molecule has 0 bridgehead atoms. The van der Waals surface area contributed by atoms with E-state index in [4.69, 9.17) is 9.47 Å². The summed E-state index contributed by atoms with van der Waals surface area (Å²) in [6.45, 7) is 1.89. The van der Waals surface area contributed by atoms with Crippen LogP contribution in [0.1, 0.15) is 29.2 Å². The third-order valence-electron chi connectivity index (χ3n) is 4.82. The van der Waals surface area contributed by atoms with E-state index in [1.165, 1.54) is 0 Å². The van der Waals surface area contributed by atoms with E-state index in [1.54, 1.807) is 19.2 Å². The van der Waals surface area contributed by atoms with Crippen LogP contribution >= 0.6 is 0 Å². The summed E-state index contributed by atoms with van der Waals surface area (Å²) < 4.78 is 22.6. The molecule has 0 radical (unpaired) electrons. The van der Waals surface area contributed by atoms with Crippen molar-refractivity contribution in [3.05, 3.63) is 59.2 Å². The number of rotatable bonds is 6. The van der Waals surface area contributed by atoms with E-state index in [-0.39, 0.29) is 6.61 Å². The van der Waals surface area contributed by atoms with E-state index in [1.807, 2.05) is 30.3 Å². The Balaban J connectivity index is 1.51. The molecule has 1 unspecified atom stereocenters. The first-order valence-electron chi connectivity index (χ1n) is 9.54. The third-order valence-corrected chi connectivity index (χ3v) is 4.82. The van der Waals surface area contributed by atoms with Crippen molar-refractivity contribution in [2.24, 2.45) is 0 Å². The van der Waals surface area contributed by atoms with Crippen molar-refractivity contribution >= 4 is 0 Å². The van der Waals surface area contributed by atoms with Crippen LogP contribution in [0.3, 0.4) is 0 Å². The predicted octanol–water partition coefficient (Wildman–Crippen LogP) is 3.38. The van der Waals surface area contributed by atoms with Gasteiger partial charge in [0.1, 0.15) is 24.8 Å². The Hall–Kier alpha value is -2.55. The lowest BCUT2D eigenvalue weighted by molar-refractivity contribution is 0.121. The molecule has 0 aromatic heterocycles. The number of nitrogens with zero attached hydrogens (tertiary/aromatic N) is 1. The van der Waals surface area contributed by atoms with Gasteiger partial charge in [-0.1, -0.05) is 17.9 Å². The van der Waals surface area contributed by atoms with Gasteiger partial charge >= 0.3 is 0 Å². The number of alkyl halides is 1. The lowest BCUT2D eigenvalue weighted by Crippen LogP contribution is -2.29. The van der Waals surface area contributed by atoms with E-state index in [9.17, 15) is 9.50 Å². The van der Waals surface area contributed by atoms with Crippen LogP contribution in [0.4, 0.5) is 4.39 Å². The molecule has 0 saturated heterocycles. The summed E-state index contributed by atoms with van der Waals surface area (Å²) in [5.41, 5.74) is 3.04. The second-order valence-electron chi connectivity index (χ2n) is 6.74. The fourth-order valence-corrected chi connectivity index (χ4v) is 3.34. The number of aliphatic hydroxyl groups excluding tert-OH is 1. The lowest BCUT2D eigenvalue weighted by Gasteiger charge is -2.20. The van der Waals surface area contributed by atoms with Gasteiger partial charge in [0.05, 0.1) is 13.2 Å². The molecule has 0 spiro atoms. The van der Waals surface area contributed by atoms with Crippen LogP contribution in [0, 0.1) is 11.8 Å². The van der Waals surface area contributed by atoms with Gasteiger partial charge in [0.2, 0.25) is 0 Å². The number of hydrogen-bond acceptors (Lipinski definition) is 4. The molecule has 0 aliphatic carbocycles. The largest absolute Gasteiger partial charge is 0.497 e. The van der Waals surface area contributed by atoms with Crippen molar-refractivity contribution in [1.82, 2.24) is 4.90 Å². The Morgan fingerprint density at radius 1 is 1.18 bits per heavy atom. The Labute approximate surface area is 165 Å². The average molecular weight is 383 g/mol. The molecule has 0 fully saturated rings. The van der Waals surface area contributed by atoms with Crippen molar-refractivity contribution in [1.29, 1.82) is 0 Å². The van der Waals surface area contributed by atoms with Crippen molar-refractivity contribution < 1.29 is 19.0 Å². The number of benzene rings is 2. The van der Waals surface area contributed by atoms with Crippen LogP contribution in [0.15, 0.2) is 42.5 Å². The lowest BCUT2D eigenvalue weighted by atomic mass is 10.0. The molecule has 1 heterocycles. The molecule has 2 aromatic carbocycles. The molecule has 1 aliphatic heterocycles. The Morgan fingerprint density at radius 2 is 1.96 bits per heavy atom. The molecule has 28 heavy (non-hydrogen) atoms. The maximum absolute atomic E-state index is 12.1. The van der Waals surface area contributed by atoms with Gasteiger partial charge in [-0.05, 0) is 53.9 Å². The highest BCUT2D eigenvalue weighted by Gasteiger charge is 2.21. The Bertz CT molecular complexity index is 826. The van der Waals surface area contributed by atoms with Gasteiger partial charge in [-0.3, -0.25) is 4.90 Å². The van der Waals surface area contributed by atoms with Crippen LogP contribution in [-0.2, 0) is 6.42 Å². The summed E-state index contributed by atoms with van der Waals surface area (Å²) in [5.74, 6) is 7.81. The first kappa shape index (κ1) is 20.2. The van der Waals surface area contributed by atoms with Gasteiger partial charge in [0, 0.05) is 31.6 Å². The van der Waals surface area contributed by atoms with Crippen LogP contribution in [0.25, 0.3) is 0 Å². The molecule has 1 aliphatic rings. The number of methoxy groups -OCH3 is 1. The Morgan fingerprint density at radius 3 is 2.71 bits per heavy atom. The highest BCUT2D eigenvalue weighted by molar-refractivity contribution is 5.39. The summed E-state index contributed by atoms with van der Waals surface area (Å²) in [6.07, 6.45) is 1.12. The number of β-amino-alcohol motifs (C(OH)–C–C–N with tert-alkyl or cyclic N) is 1. The minimum Gasteiger partial charge on any atom is -0.497 e. The second kappa shape index (κ2) is 10.1. The zero-order valence-corrected chi connectivity index (χ0v) is 16.2. The van der Waals surface area contributed by atoms with Gasteiger partial charge in [-0.15, -0.1) is 0 Å². The van der Waals surface area contributed by atoms with Crippen molar-refractivity contribution in [3.63, 3.8) is 0 Å². The number of fused-ring (bicyclic) bond motifs is 1. The molecular weight excluding hydrogens is 357 g/mol. The maximum atomic E-state index is 12.1. The first-order valence-corrected chi connectivity index (χ1v) is 9.54. The highest BCUT2D eigenvalue weighted by Crippen LogP contribution is 2.27. The molecule has 1 atom stereocenters. The fourth-order valence-electron chi connectivity index (χ4n) is 3.34. The van der Waals surface area contributed by atoms with E-state index >= 15 is 0 Å². The van der Waals surface area contributed by atoms with Crippen LogP contribution < -0.4 is 9.47 Å². The van der Waals surface area contributed by atoms with Gasteiger partial charge < -0.3 is 14.6 Å². The van der Waals surface area contributed by atoms with Gasteiger partial charge in [0.25, 0.3) is 0 Å². The summed E-state index contributed by atoms with van der Waals surface area (Å²) in [6, 6.07) is 13.2. The Kier molecular flexibility index (Phi) is 7.30.